The van der Waals surface area contributed by atoms with Gasteiger partial charge in [-0.05, 0) is 12.0 Å². The second-order valence-corrected chi connectivity index (χ2v) is 2.09. The maximum absolute atomic E-state index is 3.82. The quantitative estimate of drug-likeness (QED) is 0.447. The molecule has 0 aromatic rings. The summed E-state index contributed by atoms with van der Waals surface area (Å²) < 4.78 is 0. The molecule has 0 unspecified atom stereocenters. The van der Waals surface area contributed by atoms with Gasteiger partial charge in [0.1, 0.15) is 0 Å². The molecule has 0 radical (unpaired) electrons. The van der Waals surface area contributed by atoms with E-state index in [1.54, 1.807) is 0 Å². The Hall–Kier alpha value is -0.760. The highest BCUT2D eigenvalue weighted by Gasteiger charge is 1.93. The molecular formula is C8H16N2. The normalized spacial score (nSPS) is 9.00. The van der Waals surface area contributed by atoms with E-state index < -0.39 is 0 Å². The van der Waals surface area contributed by atoms with Crippen LogP contribution in [0.3, 0.4) is 0 Å². The van der Waals surface area contributed by atoms with Crippen molar-refractivity contribution in [2.24, 2.45) is 0 Å². The number of nitrogens with one attached hydrogen (secondary N) is 2. The van der Waals surface area contributed by atoms with Crippen molar-refractivity contribution >= 4 is 0 Å². The van der Waals surface area contributed by atoms with Crippen molar-refractivity contribution in [3.8, 4) is 0 Å². The van der Waals surface area contributed by atoms with Crippen LogP contribution in [0, 0.1) is 0 Å². The lowest BCUT2D eigenvalue weighted by atomic mass is 10.2. The minimum atomic E-state index is 0.879. The van der Waals surface area contributed by atoms with Crippen LogP contribution in [0.5, 0.6) is 0 Å². The van der Waals surface area contributed by atoms with Crippen LogP contribution in [0.4, 0.5) is 0 Å². The SMILES string of the molecule is C=C(CC)C(=C)NNCC. The molecule has 0 saturated carbocycles. The Kier molecular flexibility index (Phi) is 4.67. The van der Waals surface area contributed by atoms with Crippen LogP contribution in [0.1, 0.15) is 20.3 Å². The van der Waals surface area contributed by atoms with Crippen LogP contribution in [-0.4, -0.2) is 6.54 Å². The van der Waals surface area contributed by atoms with Gasteiger partial charge in [0.25, 0.3) is 0 Å². The van der Waals surface area contributed by atoms with Crippen LogP contribution in [0.25, 0.3) is 0 Å². The lowest BCUT2D eigenvalue weighted by Gasteiger charge is -2.09. The van der Waals surface area contributed by atoms with Gasteiger partial charge in [-0.15, -0.1) is 0 Å². The van der Waals surface area contributed by atoms with E-state index >= 15 is 0 Å². The third-order valence-electron chi connectivity index (χ3n) is 1.27. The highest BCUT2D eigenvalue weighted by atomic mass is 15.3. The molecule has 0 atom stereocenters. The van der Waals surface area contributed by atoms with Gasteiger partial charge in [0.2, 0.25) is 0 Å². The molecule has 2 N–H and O–H groups in total. The van der Waals surface area contributed by atoms with Crippen molar-refractivity contribution in [1.82, 2.24) is 10.9 Å². The summed E-state index contributed by atoms with van der Waals surface area (Å²) in [6, 6.07) is 0. The standard InChI is InChI=1S/C8H16N2/c1-5-7(3)8(4)10-9-6-2/h9-10H,3-6H2,1-2H3. The number of hydrogen-bond acceptors (Lipinski definition) is 2. The zero-order chi connectivity index (χ0) is 7.98. The molecule has 0 spiro atoms. The van der Waals surface area contributed by atoms with Crippen molar-refractivity contribution in [2.45, 2.75) is 20.3 Å². The molecule has 2 nitrogen and oxygen atoms in total. The molecule has 2 heteroatoms. The van der Waals surface area contributed by atoms with Crippen LogP contribution in [0.2, 0.25) is 0 Å². The molecule has 0 heterocycles. The highest BCUT2D eigenvalue weighted by molar-refractivity contribution is 5.21. The molecular weight excluding hydrogens is 124 g/mol. The fourth-order valence-corrected chi connectivity index (χ4v) is 0.497. The Morgan fingerprint density at radius 1 is 1.30 bits per heavy atom. The largest absolute Gasteiger partial charge is 0.322 e. The lowest BCUT2D eigenvalue weighted by molar-refractivity contribution is 0.629. The van der Waals surface area contributed by atoms with Crippen molar-refractivity contribution in [3.05, 3.63) is 24.4 Å². The van der Waals surface area contributed by atoms with E-state index in [1.807, 2.05) is 6.92 Å². The van der Waals surface area contributed by atoms with Crippen molar-refractivity contribution in [3.63, 3.8) is 0 Å². The van der Waals surface area contributed by atoms with Crippen LogP contribution < -0.4 is 10.9 Å². The highest BCUT2D eigenvalue weighted by Crippen LogP contribution is 2.03. The van der Waals surface area contributed by atoms with Gasteiger partial charge in [0, 0.05) is 12.2 Å². The molecule has 0 aliphatic heterocycles. The van der Waals surface area contributed by atoms with Gasteiger partial charge >= 0.3 is 0 Å². The van der Waals surface area contributed by atoms with Gasteiger partial charge in [-0.3, -0.25) is 0 Å². The van der Waals surface area contributed by atoms with Gasteiger partial charge in [-0.1, -0.05) is 27.0 Å². The Balaban J connectivity index is 3.52. The Morgan fingerprint density at radius 3 is 2.30 bits per heavy atom. The third kappa shape index (κ3) is 3.30. The van der Waals surface area contributed by atoms with E-state index in [0.29, 0.717) is 0 Å². The van der Waals surface area contributed by atoms with E-state index in [4.69, 9.17) is 0 Å². The second kappa shape index (κ2) is 5.06. The summed E-state index contributed by atoms with van der Waals surface area (Å²) in [6.07, 6.45) is 0.942. The minimum Gasteiger partial charge on any atom is -0.322 e. The molecule has 0 aliphatic carbocycles. The van der Waals surface area contributed by atoms with Gasteiger partial charge in [0.15, 0.2) is 0 Å². The fourth-order valence-electron chi connectivity index (χ4n) is 0.497. The molecule has 58 valence electrons. The zero-order valence-electron chi connectivity index (χ0n) is 6.83. The molecule has 0 bridgehead atoms. The van der Waals surface area contributed by atoms with E-state index in [9.17, 15) is 0 Å². The van der Waals surface area contributed by atoms with Crippen molar-refractivity contribution in [2.75, 3.05) is 6.54 Å². The smallest absolute Gasteiger partial charge is 0.0441 e. The monoisotopic (exact) mass is 140 g/mol. The van der Waals surface area contributed by atoms with E-state index in [1.165, 1.54) is 0 Å². The molecule has 0 aromatic carbocycles. The van der Waals surface area contributed by atoms with E-state index in [2.05, 4.69) is 30.9 Å². The molecule has 0 aromatic heterocycles. The number of rotatable bonds is 5. The van der Waals surface area contributed by atoms with E-state index in [0.717, 1.165) is 24.2 Å². The van der Waals surface area contributed by atoms with Gasteiger partial charge in [-0.2, -0.15) is 0 Å². The van der Waals surface area contributed by atoms with Gasteiger partial charge in [0.05, 0.1) is 0 Å². The third-order valence-corrected chi connectivity index (χ3v) is 1.27. The first-order valence-corrected chi connectivity index (χ1v) is 3.58. The molecule has 10 heavy (non-hydrogen) atoms. The Bertz CT molecular complexity index is 127. The topological polar surface area (TPSA) is 24.1 Å². The lowest BCUT2D eigenvalue weighted by Crippen LogP contribution is -2.30. The van der Waals surface area contributed by atoms with Crippen LogP contribution >= 0.6 is 0 Å². The van der Waals surface area contributed by atoms with Crippen LogP contribution in [0.15, 0.2) is 24.4 Å². The minimum absolute atomic E-state index is 0.879. The first kappa shape index (κ1) is 9.24. The number of allylic oxidation sites excluding steroid dienone is 1. The summed E-state index contributed by atoms with van der Waals surface area (Å²) in [4.78, 5) is 0. The maximum atomic E-state index is 3.82. The predicted molar refractivity (Wildman–Crippen MR) is 45.4 cm³/mol. The van der Waals surface area contributed by atoms with Crippen molar-refractivity contribution < 1.29 is 0 Å². The predicted octanol–water partition coefficient (Wildman–Crippen LogP) is 1.58. The average molecular weight is 140 g/mol. The molecule has 0 fully saturated rings. The summed E-state index contributed by atoms with van der Waals surface area (Å²) in [7, 11) is 0. The summed E-state index contributed by atoms with van der Waals surface area (Å²) >= 11 is 0. The van der Waals surface area contributed by atoms with Crippen LogP contribution in [-0.2, 0) is 0 Å². The van der Waals surface area contributed by atoms with Crippen molar-refractivity contribution in [1.29, 1.82) is 0 Å². The Labute approximate surface area is 63.0 Å². The summed E-state index contributed by atoms with van der Waals surface area (Å²) in [5.41, 5.74) is 7.81. The fraction of sp³-hybridized carbons (Fsp3) is 0.500. The second-order valence-electron chi connectivity index (χ2n) is 2.09. The summed E-state index contributed by atoms with van der Waals surface area (Å²) in [6.45, 7) is 12.6. The number of hydrazine groups is 1. The molecule has 0 saturated heterocycles. The molecule has 0 aliphatic rings. The average Bonchev–Trinajstić information content (AvgIpc) is 1.98. The summed E-state index contributed by atoms with van der Waals surface area (Å²) in [5, 5.41) is 0. The van der Waals surface area contributed by atoms with E-state index in [-0.39, 0.29) is 0 Å². The molecule has 0 rings (SSSR count). The first-order valence-electron chi connectivity index (χ1n) is 3.58. The first-order chi connectivity index (χ1) is 4.72. The molecule has 0 amide bonds. The maximum Gasteiger partial charge on any atom is 0.0441 e. The summed E-state index contributed by atoms with van der Waals surface area (Å²) in [5.74, 6) is 0. The number of hydrogen-bond donors (Lipinski definition) is 2. The Morgan fingerprint density at radius 2 is 1.90 bits per heavy atom. The van der Waals surface area contributed by atoms with Gasteiger partial charge < -0.3 is 5.43 Å². The van der Waals surface area contributed by atoms with Gasteiger partial charge in [-0.25, -0.2) is 5.43 Å². The zero-order valence-corrected chi connectivity index (χ0v) is 6.83.